The smallest absolute Gasteiger partial charge is 0.136 e. The molecule has 3 nitrogen and oxygen atoms in total. The Kier molecular flexibility index (Phi) is 4.01. The Morgan fingerprint density at radius 1 is 0.864 bits per heavy atom. The third-order valence-electron chi connectivity index (χ3n) is 5.83. The first-order valence-corrected chi connectivity index (χ1v) is 8.85. The summed E-state index contributed by atoms with van der Waals surface area (Å²) in [4.78, 5) is 17.1. The molecule has 3 saturated heterocycles. The van der Waals surface area contributed by atoms with Gasteiger partial charge in [0.25, 0.3) is 0 Å². The molecule has 3 aliphatic rings. The summed E-state index contributed by atoms with van der Waals surface area (Å²) in [6, 6.07) is 12.6. The van der Waals surface area contributed by atoms with Gasteiger partial charge in [-0.05, 0) is 44.3 Å². The second kappa shape index (κ2) is 6.13. The number of ketones is 1. The Labute approximate surface area is 133 Å². The predicted octanol–water partition coefficient (Wildman–Crippen LogP) is 2.85. The van der Waals surface area contributed by atoms with E-state index in [9.17, 15) is 4.79 Å². The summed E-state index contributed by atoms with van der Waals surface area (Å²) >= 11 is 0. The number of hydrogen-bond acceptors (Lipinski definition) is 3. The van der Waals surface area contributed by atoms with Crippen LogP contribution >= 0.6 is 0 Å². The third kappa shape index (κ3) is 2.84. The summed E-state index contributed by atoms with van der Waals surface area (Å²) in [5.74, 6) is 0.505. The van der Waals surface area contributed by atoms with E-state index >= 15 is 0 Å². The van der Waals surface area contributed by atoms with Crippen LogP contribution in [-0.4, -0.2) is 46.8 Å². The lowest BCUT2D eigenvalue weighted by atomic mass is 9.94. The molecule has 3 aliphatic heterocycles. The van der Waals surface area contributed by atoms with Crippen LogP contribution in [0.1, 0.15) is 44.1 Å². The quantitative estimate of drug-likeness (QED) is 0.857. The van der Waals surface area contributed by atoms with Crippen molar-refractivity contribution in [1.82, 2.24) is 9.80 Å². The monoisotopic (exact) mass is 298 g/mol. The molecule has 22 heavy (non-hydrogen) atoms. The van der Waals surface area contributed by atoms with Gasteiger partial charge in [0.1, 0.15) is 5.78 Å². The predicted molar refractivity (Wildman–Crippen MR) is 87.6 cm³/mol. The van der Waals surface area contributed by atoms with Gasteiger partial charge in [0.15, 0.2) is 0 Å². The largest absolute Gasteiger partial charge is 0.300 e. The molecule has 1 aromatic carbocycles. The molecule has 0 radical (unpaired) electrons. The van der Waals surface area contributed by atoms with Crippen molar-refractivity contribution in [2.45, 2.75) is 63.2 Å². The van der Waals surface area contributed by atoms with E-state index in [-0.39, 0.29) is 0 Å². The van der Waals surface area contributed by atoms with Crippen LogP contribution in [0.2, 0.25) is 0 Å². The molecule has 0 amide bonds. The molecule has 2 bridgehead atoms. The van der Waals surface area contributed by atoms with E-state index in [4.69, 9.17) is 0 Å². The number of benzene rings is 1. The molecule has 0 aliphatic carbocycles. The average Bonchev–Trinajstić information content (AvgIpc) is 2.81. The number of Topliss-reactive ketones (excluding diaryl/α,β-unsaturated/α-hetero) is 1. The van der Waals surface area contributed by atoms with Gasteiger partial charge in [-0.2, -0.15) is 0 Å². The topological polar surface area (TPSA) is 23.6 Å². The van der Waals surface area contributed by atoms with Gasteiger partial charge in [-0.1, -0.05) is 30.3 Å². The summed E-state index contributed by atoms with van der Waals surface area (Å²) in [6.07, 6.45) is 6.69. The molecule has 3 heterocycles. The Balaban J connectivity index is 1.34. The lowest BCUT2D eigenvalue weighted by molar-refractivity contribution is -0.124. The fourth-order valence-corrected chi connectivity index (χ4v) is 4.82. The first kappa shape index (κ1) is 14.4. The minimum Gasteiger partial charge on any atom is -0.300 e. The number of hydrogen-bond donors (Lipinski definition) is 0. The average molecular weight is 298 g/mol. The van der Waals surface area contributed by atoms with Crippen LogP contribution in [0.25, 0.3) is 0 Å². The van der Waals surface area contributed by atoms with E-state index in [1.165, 1.54) is 44.3 Å². The van der Waals surface area contributed by atoms with Gasteiger partial charge in [0.05, 0.1) is 0 Å². The minimum absolute atomic E-state index is 0.505. The zero-order valence-electron chi connectivity index (χ0n) is 13.3. The van der Waals surface area contributed by atoms with Crippen LogP contribution in [0.5, 0.6) is 0 Å². The van der Waals surface area contributed by atoms with Gasteiger partial charge < -0.3 is 0 Å². The summed E-state index contributed by atoms with van der Waals surface area (Å²) in [5.41, 5.74) is 1.42. The molecule has 0 aromatic heterocycles. The number of rotatable bonds is 3. The number of nitrogens with zero attached hydrogens (tertiary/aromatic N) is 2. The highest BCUT2D eigenvalue weighted by Crippen LogP contribution is 2.38. The maximum absolute atomic E-state index is 11.8. The molecule has 4 rings (SSSR count). The molecule has 3 fully saturated rings. The van der Waals surface area contributed by atoms with Gasteiger partial charge in [0, 0.05) is 37.5 Å². The van der Waals surface area contributed by atoms with Crippen LogP contribution in [0.4, 0.5) is 0 Å². The molecule has 0 saturated carbocycles. The van der Waals surface area contributed by atoms with Crippen molar-refractivity contribution in [3.05, 3.63) is 35.9 Å². The standard InChI is InChI=1S/C19H26N2O/c22-19-12-17-6-7-18(13-19)21(17)16-8-10-20(11-9-16)14-15-4-2-1-3-5-15/h1-5,16-18H,6-14H2. The molecule has 1 aromatic rings. The van der Waals surface area contributed by atoms with Gasteiger partial charge >= 0.3 is 0 Å². The van der Waals surface area contributed by atoms with E-state index in [0.29, 0.717) is 17.9 Å². The summed E-state index contributed by atoms with van der Waals surface area (Å²) in [6.45, 7) is 3.48. The molecular weight excluding hydrogens is 272 g/mol. The van der Waals surface area contributed by atoms with Crippen molar-refractivity contribution in [3.63, 3.8) is 0 Å². The molecule has 118 valence electrons. The highest BCUT2D eigenvalue weighted by molar-refractivity contribution is 5.81. The second-order valence-corrected chi connectivity index (χ2v) is 7.27. The van der Waals surface area contributed by atoms with Crippen molar-refractivity contribution < 1.29 is 4.79 Å². The first-order chi connectivity index (χ1) is 10.8. The SMILES string of the molecule is O=C1CC2CCC(C1)N2C1CCN(Cc2ccccc2)CC1. The van der Waals surface area contributed by atoms with Crippen LogP contribution in [0, 0.1) is 0 Å². The lowest BCUT2D eigenvalue weighted by Crippen LogP contribution is -2.52. The van der Waals surface area contributed by atoms with Crippen molar-refractivity contribution in [1.29, 1.82) is 0 Å². The lowest BCUT2D eigenvalue weighted by Gasteiger charge is -2.44. The Bertz CT molecular complexity index is 505. The highest BCUT2D eigenvalue weighted by atomic mass is 16.1. The summed E-state index contributed by atoms with van der Waals surface area (Å²) in [7, 11) is 0. The number of piperidine rings is 2. The highest BCUT2D eigenvalue weighted by Gasteiger charge is 2.43. The molecule has 2 unspecified atom stereocenters. The van der Waals surface area contributed by atoms with Crippen molar-refractivity contribution >= 4 is 5.78 Å². The third-order valence-corrected chi connectivity index (χ3v) is 5.83. The van der Waals surface area contributed by atoms with Crippen LogP contribution in [-0.2, 0) is 11.3 Å². The van der Waals surface area contributed by atoms with E-state index < -0.39 is 0 Å². The van der Waals surface area contributed by atoms with Gasteiger partial charge in [-0.3, -0.25) is 14.6 Å². The molecule has 0 N–H and O–H groups in total. The van der Waals surface area contributed by atoms with E-state index in [0.717, 1.165) is 25.4 Å². The van der Waals surface area contributed by atoms with E-state index in [1.807, 2.05) is 0 Å². The molecular formula is C19H26N2O. The number of fused-ring (bicyclic) bond motifs is 2. The molecule has 2 atom stereocenters. The van der Waals surface area contributed by atoms with E-state index in [1.54, 1.807) is 0 Å². The van der Waals surface area contributed by atoms with Gasteiger partial charge in [-0.15, -0.1) is 0 Å². The zero-order chi connectivity index (χ0) is 14.9. The van der Waals surface area contributed by atoms with Gasteiger partial charge in [-0.25, -0.2) is 0 Å². The number of likely N-dealkylation sites (tertiary alicyclic amines) is 1. The van der Waals surface area contributed by atoms with E-state index in [2.05, 4.69) is 40.1 Å². The number of carbonyl (C=O) groups is 1. The van der Waals surface area contributed by atoms with Crippen molar-refractivity contribution in [2.24, 2.45) is 0 Å². The Hall–Kier alpha value is -1.19. The van der Waals surface area contributed by atoms with Crippen LogP contribution in [0.15, 0.2) is 30.3 Å². The second-order valence-electron chi connectivity index (χ2n) is 7.27. The number of carbonyl (C=O) groups excluding carboxylic acids is 1. The fraction of sp³-hybridized carbons (Fsp3) is 0.632. The molecule has 0 spiro atoms. The maximum atomic E-state index is 11.8. The van der Waals surface area contributed by atoms with Crippen molar-refractivity contribution in [2.75, 3.05) is 13.1 Å². The van der Waals surface area contributed by atoms with Gasteiger partial charge in [0.2, 0.25) is 0 Å². The first-order valence-electron chi connectivity index (χ1n) is 8.85. The van der Waals surface area contributed by atoms with Crippen LogP contribution < -0.4 is 0 Å². The summed E-state index contributed by atoms with van der Waals surface area (Å²) in [5, 5.41) is 0. The minimum atomic E-state index is 0.505. The summed E-state index contributed by atoms with van der Waals surface area (Å²) < 4.78 is 0. The normalized spacial score (nSPS) is 30.8. The zero-order valence-corrected chi connectivity index (χ0v) is 13.3. The van der Waals surface area contributed by atoms with Crippen molar-refractivity contribution in [3.8, 4) is 0 Å². The molecule has 3 heteroatoms. The maximum Gasteiger partial charge on any atom is 0.136 e. The Morgan fingerprint density at radius 3 is 2.14 bits per heavy atom. The Morgan fingerprint density at radius 2 is 1.50 bits per heavy atom. The van der Waals surface area contributed by atoms with Crippen LogP contribution in [0.3, 0.4) is 0 Å². The fourth-order valence-electron chi connectivity index (χ4n) is 4.82.